The summed E-state index contributed by atoms with van der Waals surface area (Å²) in [5.74, 6) is -0.126. The highest BCUT2D eigenvalue weighted by atomic mass is 79.9. The standard InChI is InChI=1S/C10H12BrNO2/c11-9-4-8(10(13)14)6-12(9)5-7-2-1-3-7/h4,6-7H,1-3,5H2,(H,13,14). The van der Waals surface area contributed by atoms with Crippen LogP contribution in [-0.4, -0.2) is 15.6 Å². The van der Waals surface area contributed by atoms with E-state index >= 15 is 0 Å². The molecule has 14 heavy (non-hydrogen) atoms. The summed E-state index contributed by atoms with van der Waals surface area (Å²) in [5.41, 5.74) is 0.358. The van der Waals surface area contributed by atoms with E-state index in [-0.39, 0.29) is 0 Å². The molecule has 0 radical (unpaired) electrons. The van der Waals surface area contributed by atoms with Crippen molar-refractivity contribution < 1.29 is 9.90 Å². The van der Waals surface area contributed by atoms with Crippen molar-refractivity contribution in [3.05, 3.63) is 22.4 Å². The fourth-order valence-corrected chi connectivity index (χ4v) is 2.18. The molecule has 76 valence electrons. The lowest BCUT2D eigenvalue weighted by Gasteiger charge is -2.26. The predicted molar refractivity (Wildman–Crippen MR) is 56.4 cm³/mol. The van der Waals surface area contributed by atoms with Crippen molar-refractivity contribution in [3.63, 3.8) is 0 Å². The molecule has 0 aliphatic heterocycles. The van der Waals surface area contributed by atoms with Crippen LogP contribution in [0.4, 0.5) is 0 Å². The Morgan fingerprint density at radius 2 is 2.36 bits per heavy atom. The maximum atomic E-state index is 10.7. The Labute approximate surface area is 90.9 Å². The van der Waals surface area contributed by atoms with Gasteiger partial charge in [-0.1, -0.05) is 6.42 Å². The molecule has 0 spiro atoms. The van der Waals surface area contributed by atoms with Crippen molar-refractivity contribution >= 4 is 21.9 Å². The minimum Gasteiger partial charge on any atom is -0.478 e. The molecule has 1 aliphatic rings. The number of carbonyl (C=O) groups is 1. The molecule has 0 atom stereocenters. The van der Waals surface area contributed by atoms with E-state index in [2.05, 4.69) is 15.9 Å². The Bertz CT molecular complexity index is 355. The zero-order valence-electron chi connectivity index (χ0n) is 7.74. The molecule has 4 heteroatoms. The van der Waals surface area contributed by atoms with Gasteiger partial charge in [-0.3, -0.25) is 0 Å². The number of carboxylic acid groups (broad SMARTS) is 1. The summed E-state index contributed by atoms with van der Waals surface area (Å²) in [6.07, 6.45) is 5.56. The van der Waals surface area contributed by atoms with Crippen molar-refractivity contribution in [2.75, 3.05) is 0 Å². The molecule has 1 fully saturated rings. The largest absolute Gasteiger partial charge is 0.478 e. The summed E-state index contributed by atoms with van der Waals surface area (Å²) in [6.45, 7) is 0.938. The molecule has 0 bridgehead atoms. The van der Waals surface area contributed by atoms with E-state index in [4.69, 9.17) is 5.11 Å². The monoisotopic (exact) mass is 257 g/mol. The lowest BCUT2D eigenvalue weighted by Crippen LogP contribution is -2.17. The Balaban J connectivity index is 2.12. The summed E-state index contributed by atoms with van der Waals surface area (Å²) >= 11 is 3.37. The van der Waals surface area contributed by atoms with Gasteiger partial charge in [-0.05, 0) is 40.8 Å². The van der Waals surface area contributed by atoms with Gasteiger partial charge < -0.3 is 9.67 Å². The quantitative estimate of drug-likeness (QED) is 0.905. The molecule has 1 aromatic rings. The molecule has 0 unspecified atom stereocenters. The van der Waals surface area contributed by atoms with Crippen LogP contribution in [-0.2, 0) is 6.54 Å². The van der Waals surface area contributed by atoms with Crippen LogP contribution in [0, 0.1) is 5.92 Å². The number of rotatable bonds is 3. The first-order valence-corrected chi connectivity index (χ1v) is 5.55. The number of carboxylic acids is 1. The number of aromatic nitrogens is 1. The maximum Gasteiger partial charge on any atom is 0.337 e. The van der Waals surface area contributed by atoms with E-state index in [1.165, 1.54) is 19.3 Å². The third kappa shape index (κ3) is 1.85. The van der Waals surface area contributed by atoms with Crippen molar-refractivity contribution in [3.8, 4) is 0 Å². The minimum atomic E-state index is -0.863. The second kappa shape index (κ2) is 3.77. The predicted octanol–water partition coefficient (Wildman–Crippen LogP) is 2.75. The number of halogens is 1. The normalized spacial score (nSPS) is 16.6. The van der Waals surface area contributed by atoms with Gasteiger partial charge in [0.25, 0.3) is 0 Å². The van der Waals surface area contributed by atoms with Gasteiger partial charge in [-0.25, -0.2) is 4.79 Å². The Kier molecular flexibility index (Phi) is 2.63. The third-order valence-electron chi connectivity index (χ3n) is 2.77. The molecule has 0 amide bonds. The number of hydrogen-bond donors (Lipinski definition) is 1. The Morgan fingerprint density at radius 3 is 2.79 bits per heavy atom. The second-order valence-corrected chi connectivity index (χ2v) is 4.62. The van der Waals surface area contributed by atoms with Crippen LogP contribution in [0.15, 0.2) is 16.9 Å². The fourth-order valence-electron chi connectivity index (χ4n) is 1.69. The number of nitrogens with zero attached hydrogens (tertiary/aromatic N) is 1. The van der Waals surface area contributed by atoms with E-state index in [1.807, 2.05) is 4.57 Å². The smallest absolute Gasteiger partial charge is 0.337 e. The lowest BCUT2D eigenvalue weighted by atomic mass is 9.85. The first kappa shape index (κ1) is 9.77. The summed E-state index contributed by atoms with van der Waals surface area (Å²) < 4.78 is 2.84. The van der Waals surface area contributed by atoms with Gasteiger partial charge in [0.05, 0.1) is 10.2 Å². The fraction of sp³-hybridized carbons (Fsp3) is 0.500. The van der Waals surface area contributed by atoms with Gasteiger partial charge in [0, 0.05) is 12.7 Å². The molecule has 0 saturated heterocycles. The highest BCUT2D eigenvalue weighted by Crippen LogP contribution is 2.29. The highest BCUT2D eigenvalue weighted by molar-refractivity contribution is 9.10. The summed E-state index contributed by atoms with van der Waals surface area (Å²) in [4.78, 5) is 10.7. The molecule has 2 rings (SSSR count). The van der Waals surface area contributed by atoms with E-state index < -0.39 is 5.97 Å². The van der Waals surface area contributed by atoms with Gasteiger partial charge in [0.2, 0.25) is 0 Å². The average molecular weight is 258 g/mol. The van der Waals surface area contributed by atoms with Gasteiger partial charge in [0.1, 0.15) is 0 Å². The van der Waals surface area contributed by atoms with Crippen LogP contribution in [0.5, 0.6) is 0 Å². The topological polar surface area (TPSA) is 42.2 Å². The Morgan fingerprint density at radius 1 is 1.64 bits per heavy atom. The van der Waals surface area contributed by atoms with Crippen molar-refractivity contribution in [2.45, 2.75) is 25.8 Å². The first-order chi connectivity index (χ1) is 6.66. The highest BCUT2D eigenvalue weighted by Gasteiger charge is 2.19. The zero-order valence-corrected chi connectivity index (χ0v) is 9.33. The summed E-state index contributed by atoms with van der Waals surface area (Å²) in [7, 11) is 0. The molecule has 1 aromatic heterocycles. The molecular weight excluding hydrogens is 246 g/mol. The first-order valence-electron chi connectivity index (χ1n) is 4.76. The maximum absolute atomic E-state index is 10.7. The van der Waals surface area contributed by atoms with Crippen LogP contribution >= 0.6 is 15.9 Å². The van der Waals surface area contributed by atoms with Gasteiger partial charge in [0.15, 0.2) is 0 Å². The lowest BCUT2D eigenvalue weighted by molar-refractivity contribution is 0.0696. The Hall–Kier alpha value is -0.770. The molecule has 1 saturated carbocycles. The van der Waals surface area contributed by atoms with Crippen LogP contribution in [0.3, 0.4) is 0 Å². The molecule has 0 aromatic carbocycles. The summed E-state index contributed by atoms with van der Waals surface area (Å²) in [5, 5.41) is 8.79. The van der Waals surface area contributed by atoms with Crippen LogP contribution in [0.1, 0.15) is 29.6 Å². The summed E-state index contributed by atoms with van der Waals surface area (Å²) in [6, 6.07) is 1.65. The van der Waals surface area contributed by atoms with Gasteiger partial charge >= 0.3 is 5.97 Å². The van der Waals surface area contributed by atoms with Crippen molar-refractivity contribution in [1.29, 1.82) is 0 Å². The SMILES string of the molecule is O=C(O)c1cc(Br)n(CC2CCC2)c1. The van der Waals surface area contributed by atoms with E-state index in [0.717, 1.165) is 17.1 Å². The number of hydrogen-bond acceptors (Lipinski definition) is 1. The van der Waals surface area contributed by atoms with E-state index in [0.29, 0.717) is 5.56 Å². The van der Waals surface area contributed by atoms with Crippen LogP contribution in [0.2, 0.25) is 0 Å². The molecular formula is C10H12BrNO2. The average Bonchev–Trinajstić information content (AvgIpc) is 2.40. The van der Waals surface area contributed by atoms with Crippen LogP contribution in [0.25, 0.3) is 0 Å². The van der Waals surface area contributed by atoms with Crippen molar-refractivity contribution in [1.82, 2.24) is 4.57 Å². The van der Waals surface area contributed by atoms with E-state index in [1.54, 1.807) is 12.3 Å². The molecule has 3 nitrogen and oxygen atoms in total. The minimum absolute atomic E-state index is 0.358. The van der Waals surface area contributed by atoms with Crippen molar-refractivity contribution in [2.24, 2.45) is 5.92 Å². The second-order valence-electron chi connectivity index (χ2n) is 3.81. The zero-order chi connectivity index (χ0) is 10.1. The molecule has 1 N–H and O–H groups in total. The van der Waals surface area contributed by atoms with Crippen LogP contribution < -0.4 is 0 Å². The third-order valence-corrected chi connectivity index (χ3v) is 3.45. The molecule has 1 aliphatic carbocycles. The number of aromatic carboxylic acids is 1. The van der Waals surface area contributed by atoms with E-state index in [9.17, 15) is 4.79 Å². The van der Waals surface area contributed by atoms with Gasteiger partial charge in [-0.2, -0.15) is 0 Å². The van der Waals surface area contributed by atoms with Gasteiger partial charge in [-0.15, -0.1) is 0 Å². The molecule has 1 heterocycles.